The second kappa shape index (κ2) is 12.9. The maximum Gasteiger partial charge on any atom is 2.00 e. The molecule has 0 aliphatic rings. The molecule has 1 nitrogen and oxygen atoms in total. The predicted molar refractivity (Wildman–Crippen MR) is 36.9 cm³/mol. The summed E-state index contributed by atoms with van der Waals surface area (Å²) in [6.07, 6.45) is 0.775. The Morgan fingerprint density at radius 1 is 1.20 bits per heavy atom. The fourth-order valence-corrected chi connectivity index (χ4v) is 0.471. The summed E-state index contributed by atoms with van der Waals surface area (Å²) in [5.74, 6) is 0.421. The van der Waals surface area contributed by atoms with Crippen LogP contribution in [-0.2, 0) is 0 Å². The van der Waals surface area contributed by atoms with E-state index in [4.69, 9.17) is 5.11 Å². The van der Waals surface area contributed by atoms with Crippen molar-refractivity contribution in [3.63, 3.8) is 0 Å². The van der Waals surface area contributed by atoms with Crippen molar-refractivity contribution in [3.8, 4) is 0 Å². The number of aliphatic hydroxyl groups is 1. The van der Waals surface area contributed by atoms with E-state index in [0.717, 1.165) is 6.42 Å². The first-order valence-electron chi connectivity index (χ1n) is 2.86. The molecule has 0 saturated heterocycles. The molecule has 60 valence electrons. The molecule has 1 N–H and O–H groups in total. The van der Waals surface area contributed by atoms with Gasteiger partial charge >= 0.3 is 23.1 Å². The first-order chi connectivity index (χ1) is 3.18. The predicted octanol–water partition coefficient (Wildman–Crippen LogP) is -4.96. The first kappa shape index (κ1) is 22.5. The van der Waals surface area contributed by atoms with E-state index in [-0.39, 0.29) is 54.0 Å². The summed E-state index contributed by atoms with van der Waals surface area (Å²) in [5, 5.41) is 8.94. The van der Waals surface area contributed by atoms with Crippen molar-refractivity contribution in [1.29, 1.82) is 0 Å². The molecule has 0 aromatic carbocycles. The van der Waals surface area contributed by atoms with Gasteiger partial charge in [0.2, 0.25) is 0 Å². The largest absolute Gasteiger partial charge is 2.00 e. The van der Waals surface area contributed by atoms with Crippen LogP contribution >= 0.6 is 0 Å². The molecule has 0 heterocycles. The molecule has 1 unspecified atom stereocenters. The molecule has 10 heavy (non-hydrogen) atoms. The Hall–Kier alpha value is 1.31. The zero-order chi connectivity index (χ0) is 5.86. The SMILES string of the molecule is CCC(O)C(C)C.[Cl-].[Cl-].[Mg+2]. The maximum atomic E-state index is 8.94. The van der Waals surface area contributed by atoms with Gasteiger partial charge in [-0.2, -0.15) is 0 Å². The topological polar surface area (TPSA) is 20.2 Å². The second-order valence-corrected chi connectivity index (χ2v) is 2.22. The van der Waals surface area contributed by atoms with Gasteiger partial charge in [0.05, 0.1) is 6.10 Å². The maximum absolute atomic E-state index is 8.94. The average molecular weight is 197 g/mol. The third-order valence-electron chi connectivity index (χ3n) is 1.19. The van der Waals surface area contributed by atoms with E-state index >= 15 is 0 Å². The third kappa shape index (κ3) is 12.0. The van der Waals surface area contributed by atoms with Crippen molar-refractivity contribution in [2.45, 2.75) is 33.3 Å². The molecule has 0 amide bonds. The Balaban J connectivity index is -0.0000000600. The van der Waals surface area contributed by atoms with Crippen molar-refractivity contribution >= 4 is 23.1 Å². The van der Waals surface area contributed by atoms with Gasteiger partial charge in [0.15, 0.2) is 0 Å². The van der Waals surface area contributed by atoms with Crippen LogP contribution in [0.5, 0.6) is 0 Å². The van der Waals surface area contributed by atoms with E-state index in [1.807, 2.05) is 20.8 Å². The van der Waals surface area contributed by atoms with Crippen LogP contribution in [0.15, 0.2) is 0 Å². The molecule has 0 bridgehead atoms. The van der Waals surface area contributed by atoms with Gasteiger partial charge in [-0.05, 0) is 12.3 Å². The number of hydrogen-bond acceptors (Lipinski definition) is 1. The van der Waals surface area contributed by atoms with Crippen LogP contribution in [-0.4, -0.2) is 34.3 Å². The number of hydrogen-bond donors (Lipinski definition) is 1. The fourth-order valence-electron chi connectivity index (χ4n) is 0.471. The molecule has 0 spiro atoms. The summed E-state index contributed by atoms with van der Waals surface area (Å²) in [6, 6.07) is 0. The summed E-state index contributed by atoms with van der Waals surface area (Å²) in [6.45, 7) is 6.03. The van der Waals surface area contributed by atoms with Gasteiger partial charge in [-0.3, -0.25) is 0 Å². The molecule has 0 aliphatic carbocycles. The van der Waals surface area contributed by atoms with Gasteiger partial charge < -0.3 is 29.9 Å². The number of aliphatic hydroxyl groups excluding tert-OH is 1. The van der Waals surface area contributed by atoms with Gasteiger partial charge in [-0.15, -0.1) is 0 Å². The van der Waals surface area contributed by atoms with Crippen molar-refractivity contribution in [1.82, 2.24) is 0 Å². The molecule has 4 heteroatoms. The van der Waals surface area contributed by atoms with Crippen LogP contribution < -0.4 is 24.8 Å². The van der Waals surface area contributed by atoms with E-state index in [0.29, 0.717) is 5.92 Å². The number of rotatable bonds is 2. The van der Waals surface area contributed by atoms with E-state index in [1.165, 1.54) is 0 Å². The molecule has 0 fully saturated rings. The van der Waals surface area contributed by atoms with Crippen LogP contribution in [0.3, 0.4) is 0 Å². The van der Waals surface area contributed by atoms with Crippen molar-refractivity contribution in [2.24, 2.45) is 5.92 Å². The molecule has 0 radical (unpaired) electrons. The molecule has 0 rings (SSSR count). The monoisotopic (exact) mass is 196 g/mol. The first-order valence-corrected chi connectivity index (χ1v) is 2.86. The second-order valence-electron chi connectivity index (χ2n) is 2.22. The minimum Gasteiger partial charge on any atom is -1.00 e. The Morgan fingerprint density at radius 2 is 1.50 bits per heavy atom. The standard InChI is InChI=1S/C6H14O.2ClH.Mg/c1-4-6(7)5(2)3;;;/h5-7H,4H2,1-3H3;2*1H;/q;;;+2/p-2. The molecule has 0 saturated carbocycles. The van der Waals surface area contributed by atoms with Crippen LogP contribution in [0, 0.1) is 5.92 Å². The van der Waals surface area contributed by atoms with Gasteiger partial charge in [-0.1, -0.05) is 20.8 Å². The van der Waals surface area contributed by atoms with Gasteiger partial charge in [0.1, 0.15) is 0 Å². The molecular formula is C6H14Cl2MgO. The Kier molecular flexibility index (Phi) is 29.1. The van der Waals surface area contributed by atoms with Crippen molar-refractivity contribution in [2.75, 3.05) is 0 Å². The van der Waals surface area contributed by atoms with Gasteiger partial charge in [0.25, 0.3) is 0 Å². The summed E-state index contributed by atoms with van der Waals surface area (Å²) in [4.78, 5) is 0. The third-order valence-corrected chi connectivity index (χ3v) is 1.19. The molecule has 0 aromatic rings. The summed E-state index contributed by atoms with van der Waals surface area (Å²) < 4.78 is 0. The molecular weight excluding hydrogens is 183 g/mol. The fraction of sp³-hybridized carbons (Fsp3) is 1.00. The van der Waals surface area contributed by atoms with Gasteiger partial charge in [0, 0.05) is 0 Å². The minimum absolute atomic E-state index is 0. The van der Waals surface area contributed by atoms with Gasteiger partial charge in [-0.25, -0.2) is 0 Å². The van der Waals surface area contributed by atoms with Crippen LogP contribution in [0.1, 0.15) is 27.2 Å². The Labute approximate surface area is 91.9 Å². The van der Waals surface area contributed by atoms with Crippen LogP contribution in [0.25, 0.3) is 0 Å². The van der Waals surface area contributed by atoms with E-state index in [9.17, 15) is 0 Å². The average Bonchev–Trinajstić information content (AvgIpc) is 1.65. The Bertz CT molecular complexity index is 53.0. The van der Waals surface area contributed by atoms with Crippen molar-refractivity contribution < 1.29 is 29.9 Å². The van der Waals surface area contributed by atoms with E-state index < -0.39 is 0 Å². The van der Waals surface area contributed by atoms with Crippen molar-refractivity contribution in [3.05, 3.63) is 0 Å². The van der Waals surface area contributed by atoms with Crippen LogP contribution in [0.2, 0.25) is 0 Å². The Morgan fingerprint density at radius 3 is 1.50 bits per heavy atom. The zero-order valence-electron chi connectivity index (χ0n) is 6.77. The summed E-state index contributed by atoms with van der Waals surface area (Å²) in [7, 11) is 0. The van der Waals surface area contributed by atoms with E-state index in [2.05, 4.69) is 0 Å². The van der Waals surface area contributed by atoms with E-state index in [1.54, 1.807) is 0 Å². The van der Waals surface area contributed by atoms with Crippen LogP contribution in [0.4, 0.5) is 0 Å². The zero-order valence-corrected chi connectivity index (χ0v) is 9.70. The number of halogens is 2. The molecule has 0 aliphatic heterocycles. The molecule has 1 atom stereocenters. The normalized spacial score (nSPS) is 10.5. The summed E-state index contributed by atoms with van der Waals surface area (Å²) in [5.41, 5.74) is 0. The smallest absolute Gasteiger partial charge is 1.00 e. The summed E-state index contributed by atoms with van der Waals surface area (Å²) >= 11 is 0. The minimum atomic E-state index is -0.0972. The molecule has 0 aromatic heterocycles. The quantitative estimate of drug-likeness (QED) is 0.440.